The maximum atomic E-state index is 10.6. The number of hydrogen-bond acceptors (Lipinski definition) is 3. The van der Waals surface area contributed by atoms with Crippen molar-refractivity contribution in [3.8, 4) is 0 Å². The van der Waals surface area contributed by atoms with E-state index < -0.39 is 4.92 Å². The molecule has 0 unspecified atom stereocenters. The van der Waals surface area contributed by atoms with E-state index in [9.17, 15) is 10.1 Å². The van der Waals surface area contributed by atoms with Gasteiger partial charge in [-0.05, 0) is 35.4 Å². The lowest BCUT2D eigenvalue weighted by atomic mass is 10.1. The van der Waals surface area contributed by atoms with Crippen molar-refractivity contribution >= 4 is 28.7 Å². The maximum absolute atomic E-state index is 10.6. The van der Waals surface area contributed by atoms with Gasteiger partial charge in [-0.2, -0.15) is 0 Å². The largest absolute Gasteiger partial charge is 0.269 e. The monoisotopic (exact) mass is 276 g/mol. The normalized spacial score (nSPS) is 11.0. The Morgan fingerprint density at radius 3 is 2.48 bits per heavy atom. The summed E-state index contributed by atoms with van der Waals surface area (Å²) in [6, 6.07) is 16.4. The summed E-state index contributed by atoms with van der Waals surface area (Å²) in [5.74, 6) is 0. The molecule has 0 N–H and O–H groups in total. The minimum Gasteiger partial charge on any atom is -0.258 e. The molecule has 0 spiro atoms. The molecule has 21 heavy (non-hydrogen) atoms. The van der Waals surface area contributed by atoms with Crippen molar-refractivity contribution in [1.82, 2.24) is 4.98 Å². The van der Waals surface area contributed by atoms with Gasteiger partial charge in [0.05, 0.1) is 10.4 Å². The fraction of sp³-hybridized carbons (Fsp3) is 0. The van der Waals surface area contributed by atoms with E-state index in [4.69, 9.17) is 0 Å². The number of aromatic nitrogens is 1. The Bertz CT molecular complexity index is 818. The number of nitrogens with zero attached hydrogens (tertiary/aromatic N) is 2. The molecule has 1 heterocycles. The third-order valence-electron chi connectivity index (χ3n) is 3.24. The molecule has 1 aromatic heterocycles. The molecule has 4 heteroatoms. The Balaban J connectivity index is 1.92. The fourth-order valence-electron chi connectivity index (χ4n) is 2.16. The number of rotatable bonds is 3. The molecule has 0 aliphatic heterocycles. The Morgan fingerprint density at radius 2 is 1.71 bits per heavy atom. The SMILES string of the molecule is O=[N+]([O-])c1ccc(/C=C/c2ccnc3ccccc23)cc1. The van der Waals surface area contributed by atoms with Gasteiger partial charge in [-0.25, -0.2) is 0 Å². The first kappa shape index (κ1) is 13.0. The smallest absolute Gasteiger partial charge is 0.258 e. The van der Waals surface area contributed by atoms with E-state index in [1.54, 1.807) is 18.3 Å². The summed E-state index contributed by atoms with van der Waals surface area (Å²) in [4.78, 5) is 14.5. The Hall–Kier alpha value is -3.01. The van der Waals surface area contributed by atoms with Crippen molar-refractivity contribution < 1.29 is 4.92 Å². The summed E-state index contributed by atoms with van der Waals surface area (Å²) in [5, 5.41) is 11.7. The lowest BCUT2D eigenvalue weighted by Crippen LogP contribution is -1.86. The molecule has 3 rings (SSSR count). The highest BCUT2D eigenvalue weighted by molar-refractivity contribution is 5.90. The van der Waals surface area contributed by atoms with Gasteiger partial charge in [0.2, 0.25) is 0 Å². The predicted octanol–water partition coefficient (Wildman–Crippen LogP) is 4.31. The Morgan fingerprint density at radius 1 is 0.952 bits per heavy atom. The average molecular weight is 276 g/mol. The lowest BCUT2D eigenvalue weighted by Gasteiger charge is -2.01. The second-order valence-corrected chi connectivity index (χ2v) is 4.60. The highest BCUT2D eigenvalue weighted by Gasteiger charge is 2.02. The van der Waals surface area contributed by atoms with E-state index in [-0.39, 0.29) is 5.69 Å². The van der Waals surface area contributed by atoms with E-state index in [1.807, 2.05) is 42.5 Å². The van der Waals surface area contributed by atoms with Gasteiger partial charge in [0.15, 0.2) is 0 Å². The van der Waals surface area contributed by atoms with Crippen LogP contribution in [-0.4, -0.2) is 9.91 Å². The summed E-state index contributed by atoms with van der Waals surface area (Å²) in [6.45, 7) is 0. The maximum Gasteiger partial charge on any atom is 0.269 e. The molecule has 0 aliphatic rings. The van der Waals surface area contributed by atoms with Crippen LogP contribution in [0.2, 0.25) is 0 Å². The van der Waals surface area contributed by atoms with Crippen LogP contribution in [0, 0.1) is 10.1 Å². The van der Waals surface area contributed by atoms with Gasteiger partial charge in [0.25, 0.3) is 5.69 Å². The summed E-state index contributed by atoms with van der Waals surface area (Å²) < 4.78 is 0. The minimum absolute atomic E-state index is 0.0986. The van der Waals surface area contributed by atoms with Crippen molar-refractivity contribution in [2.75, 3.05) is 0 Å². The van der Waals surface area contributed by atoms with Crippen LogP contribution in [0.4, 0.5) is 5.69 Å². The van der Waals surface area contributed by atoms with Crippen LogP contribution < -0.4 is 0 Å². The molecule has 102 valence electrons. The van der Waals surface area contributed by atoms with Crippen molar-refractivity contribution in [2.24, 2.45) is 0 Å². The zero-order chi connectivity index (χ0) is 14.7. The van der Waals surface area contributed by atoms with Gasteiger partial charge in [-0.3, -0.25) is 15.1 Å². The predicted molar refractivity (Wildman–Crippen MR) is 83.8 cm³/mol. The average Bonchev–Trinajstić information content (AvgIpc) is 2.53. The zero-order valence-electron chi connectivity index (χ0n) is 11.1. The molecule has 0 radical (unpaired) electrons. The molecule has 0 aliphatic carbocycles. The van der Waals surface area contributed by atoms with Crippen LogP contribution in [0.1, 0.15) is 11.1 Å². The van der Waals surface area contributed by atoms with Gasteiger partial charge < -0.3 is 0 Å². The van der Waals surface area contributed by atoms with E-state index >= 15 is 0 Å². The van der Waals surface area contributed by atoms with E-state index in [1.165, 1.54) is 12.1 Å². The van der Waals surface area contributed by atoms with Gasteiger partial charge >= 0.3 is 0 Å². The molecule has 0 saturated heterocycles. The Kier molecular flexibility index (Phi) is 3.43. The second kappa shape index (κ2) is 5.54. The number of hydrogen-bond donors (Lipinski definition) is 0. The molecular formula is C17H12N2O2. The summed E-state index contributed by atoms with van der Waals surface area (Å²) in [7, 11) is 0. The molecule has 2 aromatic carbocycles. The molecule has 0 atom stereocenters. The number of para-hydroxylation sites is 1. The fourth-order valence-corrected chi connectivity index (χ4v) is 2.16. The first-order chi connectivity index (χ1) is 10.2. The molecule has 0 bridgehead atoms. The van der Waals surface area contributed by atoms with Crippen LogP contribution >= 0.6 is 0 Å². The third-order valence-corrected chi connectivity index (χ3v) is 3.24. The molecular weight excluding hydrogens is 264 g/mol. The minimum atomic E-state index is -0.399. The molecule has 0 amide bonds. The number of nitro benzene ring substituents is 1. The lowest BCUT2D eigenvalue weighted by molar-refractivity contribution is -0.384. The van der Waals surface area contributed by atoms with Crippen LogP contribution in [0.15, 0.2) is 60.8 Å². The number of pyridine rings is 1. The molecule has 0 saturated carbocycles. The van der Waals surface area contributed by atoms with Gasteiger partial charge in [-0.15, -0.1) is 0 Å². The van der Waals surface area contributed by atoms with Crippen molar-refractivity contribution in [3.63, 3.8) is 0 Å². The van der Waals surface area contributed by atoms with Crippen molar-refractivity contribution in [1.29, 1.82) is 0 Å². The van der Waals surface area contributed by atoms with E-state index in [0.717, 1.165) is 22.0 Å². The van der Waals surface area contributed by atoms with Crippen molar-refractivity contribution in [3.05, 3.63) is 82.0 Å². The molecule has 3 aromatic rings. The molecule has 0 fully saturated rings. The van der Waals surface area contributed by atoms with Crippen LogP contribution in [0.25, 0.3) is 23.1 Å². The van der Waals surface area contributed by atoms with Crippen LogP contribution in [0.3, 0.4) is 0 Å². The second-order valence-electron chi connectivity index (χ2n) is 4.60. The van der Waals surface area contributed by atoms with Gasteiger partial charge in [-0.1, -0.05) is 30.4 Å². The quantitative estimate of drug-likeness (QED) is 0.529. The van der Waals surface area contributed by atoms with Crippen molar-refractivity contribution in [2.45, 2.75) is 0 Å². The number of fused-ring (bicyclic) bond motifs is 1. The van der Waals surface area contributed by atoms with E-state index in [0.29, 0.717) is 0 Å². The van der Waals surface area contributed by atoms with Crippen LogP contribution in [-0.2, 0) is 0 Å². The van der Waals surface area contributed by atoms with Gasteiger partial charge in [0.1, 0.15) is 0 Å². The van der Waals surface area contributed by atoms with Gasteiger partial charge in [0, 0.05) is 23.7 Å². The summed E-state index contributed by atoms with van der Waals surface area (Å²) >= 11 is 0. The topological polar surface area (TPSA) is 56.0 Å². The number of nitro groups is 1. The third kappa shape index (κ3) is 2.79. The number of non-ortho nitro benzene ring substituents is 1. The summed E-state index contributed by atoms with van der Waals surface area (Å²) in [5.41, 5.74) is 3.03. The Labute approximate surface area is 121 Å². The number of benzene rings is 2. The first-order valence-corrected chi connectivity index (χ1v) is 6.50. The standard InChI is InChI=1S/C17H12N2O2/c20-19(21)15-9-6-13(7-10-15)5-8-14-11-12-18-17-4-2-1-3-16(14)17/h1-12H/b8-5+. The first-order valence-electron chi connectivity index (χ1n) is 6.50. The molecule has 4 nitrogen and oxygen atoms in total. The highest BCUT2D eigenvalue weighted by atomic mass is 16.6. The van der Waals surface area contributed by atoms with E-state index in [2.05, 4.69) is 4.98 Å². The van der Waals surface area contributed by atoms with Crippen LogP contribution in [0.5, 0.6) is 0 Å². The summed E-state index contributed by atoms with van der Waals surface area (Å²) in [6.07, 6.45) is 5.70. The zero-order valence-corrected chi connectivity index (χ0v) is 11.1. The highest BCUT2D eigenvalue weighted by Crippen LogP contribution is 2.19.